The van der Waals surface area contributed by atoms with Gasteiger partial charge in [0.2, 0.25) is 11.9 Å². The minimum absolute atomic E-state index is 0. The number of alkyl halides is 3. The molecule has 3 rings (SSSR count). The first-order valence-corrected chi connectivity index (χ1v) is 9.66. The van der Waals surface area contributed by atoms with Crippen molar-refractivity contribution in [1.29, 1.82) is 0 Å². The number of anilines is 2. The van der Waals surface area contributed by atoms with E-state index in [1.807, 2.05) is 6.92 Å². The number of aromatic nitrogens is 4. The van der Waals surface area contributed by atoms with Crippen LogP contribution in [0.3, 0.4) is 0 Å². The standard InChI is InChI=1S/C18H24F3N9.HI/c1-2-22-16(29-10-12-30(13-11-29)17-25-5-3-6-26-17)27-9-8-24-15-23-7-4-14(28-15)18(19,20)21;/h3-7H,2,8-13H2,1H3,(H,22,27)(H,23,24,28);1H. The maximum Gasteiger partial charge on any atom is 0.433 e. The summed E-state index contributed by atoms with van der Waals surface area (Å²) in [6.07, 6.45) is 0.0345. The summed E-state index contributed by atoms with van der Waals surface area (Å²) in [5.74, 6) is 1.41. The number of hydrogen-bond acceptors (Lipinski definition) is 7. The maximum atomic E-state index is 12.7. The Hall–Kier alpha value is -2.45. The molecule has 170 valence electrons. The predicted octanol–water partition coefficient (Wildman–Crippen LogP) is 2.10. The topological polar surface area (TPSA) is 94.5 Å². The van der Waals surface area contributed by atoms with Gasteiger partial charge in [-0.25, -0.2) is 19.9 Å². The van der Waals surface area contributed by atoms with Crippen molar-refractivity contribution < 1.29 is 13.2 Å². The van der Waals surface area contributed by atoms with Gasteiger partial charge in [-0.05, 0) is 19.1 Å². The van der Waals surface area contributed by atoms with E-state index < -0.39 is 11.9 Å². The highest BCUT2D eigenvalue weighted by molar-refractivity contribution is 14.0. The summed E-state index contributed by atoms with van der Waals surface area (Å²) >= 11 is 0. The molecule has 1 aliphatic heterocycles. The Kier molecular flexibility index (Phi) is 9.45. The highest BCUT2D eigenvalue weighted by Crippen LogP contribution is 2.27. The van der Waals surface area contributed by atoms with Crippen LogP contribution < -0.4 is 15.5 Å². The number of aliphatic imine (C=N–C) groups is 1. The van der Waals surface area contributed by atoms with Gasteiger partial charge in [0.1, 0.15) is 5.69 Å². The van der Waals surface area contributed by atoms with E-state index in [-0.39, 0.29) is 29.9 Å². The van der Waals surface area contributed by atoms with Gasteiger partial charge in [-0.3, -0.25) is 4.99 Å². The van der Waals surface area contributed by atoms with Crippen LogP contribution in [0.4, 0.5) is 25.1 Å². The Balaban J connectivity index is 0.00000341. The van der Waals surface area contributed by atoms with Crippen molar-refractivity contribution in [1.82, 2.24) is 30.2 Å². The highest BCUT2D eigenvalue weighted by atomic mass is 127. The van der Waals surface area contributed by atoms with Gasteiger partial charge >= 0.3 is 6.18 Å². The Morgan fingerprint density at radius 2 is 1.81 bits per heavy atom. The molecular formula is C18H25F3IN9. The highest BCUT2D eigenvalue weighted by Gasteiger charge is 2.32. The molecule has 9 nitrogen and oxygen atoms in total. The molecule has 0 amide bonds. The van der Waals surface area contributed by atoms with Gasteiger partial charge in [-0.1, -0.05) is 0 Å². The van der Waals surface area contributed by atoms with Crippen LogP contribution in [0, 0.1) is 0 Å². The Morgan fingerprint density at radius 1 is 1.10 bits per heavy atom. The zero-order chi connectivity index (χ0) is 21.4. The number of guanidine groups is 1. The predicted molar refractivity (Wildman–Crippen MR) is 123 cm³/mol. The van der Waals surface area contributed by atoms with E-state index in [1.54, 1.807) is 18.5 Å². The molecule has 2 aromatic rings. The monoisotopic (exact) mass is 551 g/mol. The molecule has 0 radical (unpaired) electrons. The van der Waals surface area contributed by atoms with E-state index in [4.69, 9.17) is 0 Å². The molecule has 0 aromatic carbocycles. The molecule has 3 heterocycles. The molecule has 0 spiro atoms. The van der Waals surface area contributed by atoms with Crippen LogP contribution in [-0.4, -0.2) is 76.6 Å². The van der Waals surface area contributed by atoms with E-state index in [2.05, 4.69) is 45.4 Å². The lowest BCUT2D eigenvalue weighted by molar-refractivity contribution is -0.141. The molecule has 13 heteroatoms. The molecule has 31 heavy (non-hydrogen) atoms. The second-order valence-electron chi connectivity index (χ2n) is 6.45. The number of piperazine rings is 1. The molecule has 2 aromatic heterocycles. The zero-order valence-electron chi connectivity index (χ0n) is 17.0. The summed E-state index contributed by atoms with van der Waals surface area (Å²) in [6.45, 7) is 6.43. The lowest BCUT2D eigenvalue weighted by atomic mass is 10.3. The SMILES string of the molecule is CCNC(=NCCNc1nccc(C(F)(F)F)n1)N1CCN(c2ncccn2)CC1.I. The lowest BCUT2D eigenvalue weighted by Crippen LogP contribution is -2.53. The van der Waals surface area contributed by atoms with Crippen LogP contribution in [0.5, 0.6) is 0 Å². The fourth-order valence-electron chi connectivity index (χ4n) is 2.93. The van der Waals surface area contributed by atoms with Crippen LogP contribution in [-0.2, 0) is 6.18 Å². The van der Waals surface area contributed by atoms with Crippen LogP contribution in [0.15, 0.2) is 35.7 Å². The zero-order valence-corrected chi connectivity index (χ0v) is 19.3. The lowest BCUT2D eigenvalue weighted by Gasteiger charge is -2.36. The summed E-state index contributed by atoms with van der Waals surface area (Å²) in [5, 5.41) is 6.04. The van der Waals surface area contributed by atoms with Crippen molar-refractivity contribution in [3.05, 3.63) is 36.4 Å². The molecule has 0 saturated carbocycles. The fraction of sp³-hybridized carbons (Fsp3) is 0.500. The second kappa shape index (κ2) is 11.8. The summed E-state index contributed by atoms with van der Waals surface area (Å²) in [5.41, 5.74) is -0.975. The third-order valence-electron chi connectivity index (χ3n) is 4.35. The number of hydrogen-bond donors (Lipinski definition) is 2. The van der Waals surface area contributed by atoms with Gasteiger partial charge in [0.25, 0.3) is 0 Å². The van der Waals surface area contributed by atoms with E-state index in [9.17, 15) is 13.2 Å². The van der Waals surface area contributed by atoms with Crippen LogP contribution in [0.1, 0.15) is 12.6 Å². The van der Waals surface area contributed by atoms with Gasteiger partial charge in [0.15, 0.2) is 5.96 Å². The molecule has 1 fully saturated rings. The molecule has 2 N–H and O–H groups in total. The quantitative estimate of drug-likeness (QED) is 0.244. The van der Waals surface area contributed by atoms with E-state index in [0.717, 1.165) is 44.4 Å². The van der Waals surface area contributed by atoms with Crippen LogP contribution in [0.2, 0.25) is 0 Å². The summed E-state index contributed by atoms with van der Waals surface area (Å²) in [6, 6.07) is 2.63. The minimum atomic E-state index is -4.50. The summed E-state index contributed by atoms with van der Waals surface area (Å²) in [4.78, 5) is 24.7. The fourth-order valence-corrected chi connectivity index (χ4v) is 2.93. The van der Waals surface area contributed by atoms with Gasteiger partial charge in [0, 0.05) is 57.9 Å². The number of nitrogens with one attached hydrogen (secondary N) is 2. The van der Waals surface area contributed by atoms with Gasteiger partial charge in [-0.15, -0.1) is 24.0 Å². The van der Waals surface area contributed by atoms with Gasteiger partial charge in [0.05, 0.1) is 6.54 Å². The first kappa shape index (κ1) is 24.8. The molecular weight excluding hydrogens is 526 g/mol. The molecule has 0 bridgehead atoms. The largest absolute Gasteiger partial charge is 0.433 e. The van der Waals surface area contributed by atoms with Crippen LogP contribution in [0.25, 0.3) is 0 Å². The van der Waals surface area contributed by atoms with E-state index in [0.29, 0.717) is 25.6 Å². The van der Waals surface area contributed by atoms with Crippen molar-refractivity contribution in [3.8, 4) is 0 Å². The summed E-state index contributed by atoms with van der Waals surface area (Å²) < 4.78 is 38.2. The maximum absolute atomic E-state index is 12.7. The van der Waals surface area contributed by atoms with Gasteiger partial charge < -0.3 is 20.4 Å². The van der Waals surface area contributed by atoms with Crippen molar-refractivity contribution >= 4 is 41.8 Å². The Labute approximate surface area is 195 Å². The number of nitrogens with zero attached hydrogens (tertiary/aromatic N) is 7. The third kappa shape index (κ3) is 7.33. The molecule has 0 aliphatic carbocycles. The normalized spacial score (nSPS) is 14.8. The first-order valence-electron chi connectivity index (χ1n) is 9.66. The summed E-state index contributed by atoms with van der Waals surface area (Å²) in [7, 11) is 0. The van der Waals surface area contributed by atoms with Crippen molar-refractivity contribution in [2.75, 3.05) is 56.0 Å². The number of halogens is 4. The molecule has 1 saturated heterocycles. The molecule has 0 unspecified atom stereocenters. The van der Waals surface area contributed by atoms with Crippen molar-refractivity contribution in [2.24, 2.45) is 4.99 Å². The van der Waals surface area contributed by atoms with Crippen LogP contribution >= 0.6 is 24.0 Å². The van der Waals surface area contributed by atoms with Crippen molar-refractivity contribution in [3.63, 3.8) is 0 Å². The molecule has 1 aliphatic rings. The third-order valence-corrected chi connectivity index (χ3v) is 4.35. The smallest absolute Gasteiger partial charge is 0.357 e. The van der Waals surface area contributed by atoms with Gasteiger partial charge in [-0.2, -0.15) is 13.2 Å². The number of rotatable bonds is 6. The average molecular weight is 551 g/mol. The second-order valence-corrected chi connectivity index (χ2v) is 6.45. The Bertz CT molecular complexity index is 828. The molecule has 0 atom stereocenters. The van der Waals surface area contributed by atoms with E-state index >= 15 is 0 Å². The first-order chi connectivity index (χ1) is 14.5. The Morgan fingerprint density at radius 3 is 2.45 bits per heavy atom. The average Bonchev–Trinajstić information content (AvgIpc) is 2.76. The minimum Gasteiger partial charge on any atom is -0.357 e. The van der Waals surface area contributed by atoms with Crippen molar-refractivity contribution in [2.45, 2.75) is 13.1 Å². The van der Waals surface area contributed by atoms with E-state index in [1.165, 1.54) is 0 Å².